The van der Waals surface area contributed by atoms with E-state index in [-0.39, 0.29) is 11.5 Å². The molecule has 2 aliphatic rings. The normalized spacial score (nSPS) is 30.1. The molecule has 0 radical (unpaired) electrons. The highest BCUT2D eigenvalue weighted by Gasteiger charge is 2.40. The van der Waals surface area contributed by atoms with Crippen molar-refractivity contribution in [1.29, 1.82) is 0 Å². The van der Waals surface area contributed by atoms with E-state index in [0.717, 1.165) is 24.9 Å². The second-order valence-corrected chi connectivity index (χ2v) is 8.86. The Morgan fingerprint density at radius 1 is 1.35 bits per heavy atom. The smallest absolute Gasteiger partial charge is 0.240 e. The van der Waals surface area contributed by atoms with Gasteiger partial charge in [-0.1, -0.05) is 17.7 Å². The standard InChI is InChI=1S/C18H28N2O5S/c1-13-5-7-15(8-6-13)26(22,23)19-16-12-25-17(18(16)21)10-20-9-3-4-14(20)11-24-2/h5-8,14,16-19,21H,3-4,9-12H2,1-2H3/t14-,16+,17+,18-/m1/s1. The number of nitrogens with zero attached hydrogens (tertiary/aromatic N) is 1. The molecule has 0 aliphatic carbocycles. The number of aliphatic hydroxyl groups is 1. The third kappa shape index (κ3) is 4.44. The zero-order valence-corrected chi connectivity index (χ0v) is 16.1. The summed E-state index contributed by atoms with van der Waals surface area (Å²) >= 11 is 0. The Hall–Kier alpha value is -1.03. The van der Waals surface area contributed by atoms with Crippen LogP contribution in [0.1, 0.15) is 18.4 Å². The summed E-state index contributed by atoms with van der Waals surface area (Å²) in [6.45, 7) is 4.25. The SMILES string of the molecule is COC[C@H]1CCCN1C[C@@H]1OC[C@H](NS(=O)(=O)c2ccc(C)cc2)[C@H]1O. The number of likely N-dealkylation sites (tertiary alicyclic amines) is 1. The fraction of sp³-hybridized carbons (Fsp3) is 0.667. The highest BCUT2D eigenvalue weighted by molar-refractivity contribution is 7.89. The summed E-state index contributed by atoms with van der Waals surface area (Å²) in [7, 11) is -2.00. The minimum absolute atomic E-state index is 0.166. The summed E-state index contributed by atoms with van der Waals surface area (Å²) < 4.78 is 38.6. The summed E-state index contributed by atoms with van der Waals surface area (Å²) in [6.07, 6.45) is 0.887. The third-order valence-electron chi connectivity index (χ3n) is 5.19. The molecule has 1 aromatic rings. The first-order valence-corrected chi connectivity index (χ1v) is 10.5. The van der Waals surface area contributed by atoms with E-state index >= 15 is 0 Å². The van der Waals surface area contributed by atoms with Crippen LogP contribution >= 0.6 is 0 Å². The monoisotopic (exact) mass is 384 g/mol. The zero-order chi connectivity index (χ0) is 18.7. The van der Waals surface area contributed by atoms with Crippen molar-refractivity contribution in [2.45, 2.75) is 49.0 Å². The number of aliphatic hydroxyl groups excluding tert-OH is 1. The number of hydrogen-bond acceptors (Lipinski definition) is 6. The lowest BCUT2D eigenvalue weighted by Crippen LogP contribution is -2.47. The molecule has 3 rings (SSSR count). The largest absolute Gasteiger partial charge is 0.389 e. The molecule has 2 fully saturated rings. The maximum Gasteiger partial charge on any atom is 0.240 e. The number of nitrogens with one attached hydrogen (secondary N) is 1. The van der Waals surface area contributed by atoms with Gasteiger partial charge in [0, 0.05) is 19.7 Å². The van der Waals surface area contributed by atoms with Gasteiger partial charge >= 0.3 is 0 Å². The van der Waals surface area contributed by atoms with Gasteiger partial charge in [0.25, 0.3) is 0 Å². The van der Waals surface area contributed by atoms with Crippen LogP contribution in [0.3, 0.4) is 0 Å². The van der Waals surface area contributed by atoms with Gasteiger partial charge in [0.1, 0.15) is 0 Å². The van der Waals surface area contributed by atoms with Crippen molar-refractivity contribution < 1.29 is 23.0 Å². The summed E-state index contributed by atoms with van der Waals surface area (Å²) in [4.78, 5) is 2.45. The molecule has 2 N–H and O–H groups in total. The van der Waals surface area contributed by atoms with Crippen LogP contribution in [0.4, 0.5) is 0 Å². The minimum atomic E-state index is -3.69. The molecule has 2 saturated heterocycles. The number of rotatable bonds is 7. The summed E-state index contributed by atoms with van der Waals surface area (Å²) in [5.74, 6) is 0. The fourth-order valence-corrected chi connectivity index (χ4v) is 4.92. The van der Waals surface area contributed by atoms with Crippen molar-refractivity contribution in [3.63, 3.8) is 0 Å². The average molecular weight is 384 g/mol. The number of methoxy groups -OCH3 is 1. The molecular weight excluding hydrogens is 356 g/mol. The van der Waals surface area contributed by atoms with Crippen molar-refractivity contribution in [2.75, 3.05) is 33.4 Å². The van der Waals surface area contributed by atoms with Crippen molar-refractivity contribution in [3.8, 4) is 0 Å². The molecule has 0 aromatic heterocycles. The lowest BCUT2D eigenvalue weighted by atomic mass is 10.1. The predicted octanol–water partition coefficient (Wildman–Crippen LogP) is 0.512. The zero-order valence-electron chi connectivity index (χ0n) is 15.3. The summed E-state index contributed by atoms with van der Waals surface area (Å²) in [6, 6.07) is 6.33. The quantitative estimate of drug-likeness (QED) is 0.712. The average Bonchev–Trinajstić information content (AvgIpc) is 3.17. The van der Waals surface area contributed by atoms with Crippen molar-refractivity contribution in [1.82, 2.24) is 9.62 Å². The third-order valence-corrected chi connectivity index (χ3v) is 6.70. The molecule has 0 spiro atoms. The Bertz CT molecular complexity index is 694. The topological polar surface area (TPSA) is 88.1 Å². The molecule has 1 aromatic carbocycles. The first-order chi connectivity index (χ1) is 12.4. The highest BCUT2D eigenvalue weighted by Crippen LogP contribution is 2.23. The Balaban J connectivity index is 1.60. The molecule has 7 nitrogen and oxygen atoms in total. The maximum atomic E-state index is 12.5. The number of benzene rings is 1. The van der Waals surface area contributed by atoms with E-state index in [0.29, 0.717) is 19.2 Å². The molecule has 8 heteroatoms. The lowest BCUT2D eigenvalue weighted by molar-refractivity contribution is 0.00485. The Labute approximate surface area is 155 Å². The van der Waals surface area contributed by atoms with Gasteiger partial charge in [-0.15, -0.1) is 0 Å². The molecule has 26 heavy (non-hydrogen) atoms. The van der Waals surface area contributed by atoms with Crippen molar-refractivity contribution >= 4 is 10.0 Å². The van der Waals surface area contributed by atoms with Gasteiger partial charge in [-0.3, -0.25) is 4.90 Å². The molecule has 2 aliphatic heterocycles. The summed E-state index contributed by atoms with van der Waals surface area (Å²) in [5, 5.41) is 10.6. The Morgan fingerprint density at radius 3 is 2.77 bits per heavy atom. The van der Waals surface area contributed by atoms with E-state index in [1.165, 1.54) is 0 Å². The van der Waals surface area contributed by atoms with E-state index in [1.54, 1.807) is 31.4 Å². The molecular formula is C18H28N2O5S. The predicted molar refractivity (Wildman–Crippen MR) is 97.5 cm³/mol. The molecule has 0 bridgehead atoms. The van der Waals surface area contributed by atoms with Crippen LogP contribution in [0.2, 0.25) is 0 Å². The molecule has 0 unspecified atom stereocenters. The van der Waals surface area contributed by atoms with Crippen molar-refractivity contribution in [3.05, 3.63) is 29.8 Å². The van der Waals surface area contributed by atoms with Crippen LogP contribution in [-0.2, 0) is 19.5 Å². The van der Waals surface area contributed by atoms with Gasteiger partial charge in [-0.05, 0) is 38.4 Å². The lowest BCUT2D eigenvalue weighted by Gasteiger charge is -2.28. The van der Waals surface area contributed by atoms with Gasteiger partial charge in [0.15, 0.2) is 0 Å². The van der Waals surface area contributed by atoms with Crippen LogP contribution in [0.25, 0.3) is 0 Å². The molecule has 0 saturated carbocycles. The van der Waals surface area contributed by atoms with Crippen LogP contribution in [0.15, 0.2) is 29.2 Å². The number of sulfonamides is 1. The molecule has 0 amide bonds. The van der Waals surface area contributed by atoms with Gasteiger partial charge in [0.2, 0.25) is 10.0 Å². The maximum absolute atomic E-state index is 12.5. The molecule has 146 valence electrons. The van der Waals surface area contributed by atoms with Gasteiger partial charge in [-0.2, -0.15) is 0 Å². The first kappa shape index (κ1) is 19.7. The number of aryl methyl sites for hydroxylation is 1. The van der Waals surface area contributed by atoms with E-state index in [4.69, 9.17) is 9.47 Å². The summed E-state index contributed by atoms with van der Waals surface area (Å²) in [5.41, 5.74) is 0.990. The van der Waals surface area contributed by atoms with Crippen LogP contribution in [0, 0.1) is 6.92 Å². The molecule has 2 heterocycles. The van der Waals surface area contributed by atoms with Gasteiger partial charge < -0.3 is 14.6 Å². The second kappa shape index (κ2) is 8.33. The fourth-order valence-electron chi connectivity index (χ4n) is 3.68. The second-order valence-electron chi connectivity index (χ2n) is 7.15. The Kier molecular flexibility index (Phi) is 6.32. The van der Waals surface area contributed by atoms with Gasteiger partial charge in [0.05, 0.1) is 36.4 Å². The number of ether oxygens (including phenoxy) is 2. The molecule has 4 atom stereocenters. The van der Waals surface area contributed by atoms with E-state index < -0.39 is 28.3 Å². The van der Waals surface area contributed by atoms with E-state index in [1.807, 2.05) is 6.92 Å². The van der Waals surface area contributed by atoms with Crippen LogP contribution < -0.4 is 4.72 Å². The van der Waals surface area contributed by atoms with Crippen LogP contribution in [-0.4, -0.2) is 76.1 Å². The first-order valence-electron chi connectivity index (χ1n) is 9.02. The van der Waals surface area contributed by atoms with Crippen LogP contribution in [0.5, 0.6) is 0 Å². The minimum Gasteiger partial charge on any atom is -0.389 e. The Morgan fingerprint density at radius 2 is 2.08 bits per heavy atom. The van der Waals surface area contributed by atoms with E-state index in [2.05, 4.69) is 9.62 Å². The van der Waals surface area contributed by atoms with Crippen molar-refractivity contribution in [2.24, 2.45) is 0 Å². The highest BCUT2D eigenvalue weighted by atomic mass is 32.2. The van der Waals surface area contributed by atoms with E-state index in [9.17, 15) is 13.5 Å². The number of hydrogen-bond donors (Lipinski definition) is 2. The van der Waals surface area contributed by atoms with Gasteiger partial charge in [-0.25, -0.2) is 13.1 Å².